The summed E-state index contributed by atoms with van der Waals surface area (Å²) in [5, 5.41) is 11.3. The van der Waals surface area contributed by atoms with Crippen molar-refractivity contribution in [1.82, 2.24) is 5.06 Å². The Morgan fingerprint density at radius 2 is 1.69 bits per heavy atom. The Bertz CT molecular complexity index is 161. The normalized spacial score (nSPS) is 22.5. The van der Waals surface area contributed by atoms with Crippen LogP contribution in [-0.2, 0) is 0 Å². The Hall–Kier alpha value is -0.0800. The maximum absolute atomic E-state index is 9.67. The minimum absolute atomic E-state index is 0.462. The lowest BCUT2D eigenvalue weighted by Crippen LogP contribution is -2.36. The van der Waals surface area contributed by atoms with E-state index in [1.807, 2.05) is 0 Å². The molecule has 1 aliphatic heterocycles. The van der Waals surface area contributed by atoms with Crippen molar-refractivity contribution in [3.8, 4) is 0 Å². The zero-order chi connectivity index (χ0) is 11.6. The predicted molar refractivity (Wildman–Crippen MR) is 68.7 cm³/mol. The fraction of sp³-hybridized carbons (Fsp3) is 1.00. The Kier molecular flexibility index (Phi) is 7.87. The molecule has 16 heavy (non-hydrogen) atoms. The number of rotatable bonds is 8. The quantitative estimate of drug-likeness (QED) is 0.622. The molecule has 0 radical (unpaired) electrons. The first-order valence-electron chi connectivity index (χ1n) is 7.30. The lowest BCUT2D eigenvalue weighted by atomic mass is 9.98. The topological polar surface area (TPSA) is 23.5 Å². The second-order valence-corrected chi connectivity index (χ2v) is 5.22. The van der Waals surface area contributed by atoms with Crippen LogP contribution in [0.5, 0.6) is 0 Å². The van der Waals surface area contributed by atoms with Crippen LogP contribution >= 0.6 is 0 Å². The predicted octanol–water partition coefficient (Wildman–Crippen LogP) is 4.37. The molecule has 2 nitrogen and oxygen atoms in total. The summed E-state index contributed by atoms with van der Waals surface area (Å²) in [6.45, 7) is 3.15. The number of hydroxylamine groups is 2. The van der Waals surface area contributed by atoms with E-state index in [-0.39, 0.29) is 0 Å². The van der Waals surface area contributed by atoms with E-state index in [1.54, 1.807) is 5.06 Å². The summed E-state index contributed by atoms with van der Waals surface area (Å²) in [4.78, 5) is 0. The SMILES string of the molecule is CCCCCCCCCC1CCCCN1O. The standard InChI is InChI=1S/C14H29NO/c1-2-3-4-5-6-7-8-11-14-12-9-10-13-15(14)16/h14,16H,2-13H2,1H3. The van der Waals surface area contributed by atoms with Crippen LogP contribution in [0.4, 0.5) is 0 Å². The van der Waals surface area contributed by atoms with Crippen LogP contribution in [0.1, 0.15) is 77.6 Å². The largest absolute Gasteiger partial charge is 0.314 e. The summed E-state index contributed by atoms with van der Waals surface area (Å²) in [6, 6.07) is 0.462. The summed E-state index contributed by atoms with van der Waals surface area (Å²) in [5.41, 5.74) is 0. The van der Waals surface area contributed by atoms with E-state index in [1.165, 1.54) is 70.6 Å². The molecule has 2 heteroatoms. The van der Waals surface area contributed by atoms with Gasteiger partial charge in [-0.3, -0.25) is 0 Å². The van der Waals surface area contributed by atoms with Gasteiger partial charge in [0.15, 0.2) is 0 Å². The van der Waals surface area contributed by atoms with Gasteiger partial charge in [0, 0.05) is 12.6 Å². The van der Waals surface area contributed by atoms with Crippen LogP contribution in [-0.4, -0.2) is 22.9 Å². The molecule has 1 heterocycles. The molecule has 0 aromatic heterocycles. The molecule has 1 fully saturated rings. The van der Waals surface area contributed by atoms with Crippen molar-refractivity contribution >= 4 is 0 Å². The van der Waals surface area contributed by atoms with Crippen molar-refractivity contribution in [2.24, 2.45) is 0 Å². The molecule has 1 N–H and O–H groups in total. The highest BCUT2D eigenvalue weighted by Gasteiger charge is 2.19. The molecule has 0 aliphatic carbocycles. The van der Waals surface area contributed by atoms with E-state index in [4.69, 9.17) is 0 Å². The number of piperidine rings is 1. The molecule has 0 amide bonds. The number of nitrogens with zero attached hydrogens (tertiary/aromatic N) is 1. The van der Waals surface area contributed by atoms with Crippen molar-refractivity contribution in [3.05, 3.63) is 0 Å². The van der Waals surface area contributed by atoms with E-state index in [9.17, 15) is 5.21 Å². The lowest BCUT2D eigenvalue weighted by Gasteiger charge is -2.30. The van der Waals surface area contributed by atoms with Gasteiger partial charge in [-0.15, -0.1) is 0 Å². The zero-order valence-corrected chi connectivity index (χ0v) is 11.0. The van der Waals surface area contributed by atoms with E-state index < -0.39 is 0 Å². The molecule has 1 aliphatic rings. The van der Waals surface area contributed by atoms with Crippen LogP contribution in [0.2, 0.25) is 0 Å². The van der Waals surface area contributed by atoms with Gasteiger partial charge in [0.1, 0.15) is 0 Å². The molecule has 1 rings (SSSR count). The van der Waals surface area contributed by atoms with Gasteiger partial charge in [-0.2, -0.15) is 5.06 Å². The molecule has 0 bridgehead atoms. The maximum atomic E-state index is 9.67. The van der Waals surface area contributed by atoms with E-state index in [0.717, 1.165) is 6.54 Å². The third-order valence-electron chi connectivity index (χ3n) is 3.74. The van der Waals surface area contributed by atoms with Crippen LogP contribution < -0.4 is 0 Å². The summed E-state index contributed by atoms with van der Waals surface area (Å²) in [5.74, 6) is 0. The van der Waals surface area contributed by atoms with Crippen LogP contribution in [0.15, 0.2) is 0 Å². The summed E-state index contributed by atoms with van der Waals surface area (Å²) >= 11 is 0. The Balaban J connectivity index is 1.90. The highest BCUT2D eigenvalue weighted by Crippen LogP contribution is 2.20. The summed E-state index contributed by atoms with van der Waals surface area (Å²) in [6.07, 6.45) is 14.5. The average molecular weight is 227 g/mol. The highest BCUT2D eigenvalue weighted by molar-refractivity contribution is 4.70. The first kappa shape index (κ1) is 14.0. The zero-order valence-electron chi connectivity index (χ0n) is 11.0. The van der Waals surface area contributed by atoms with E-state index in [2.05, 4.69) is 6.92 Å². The lowest BCUT2D eigenvalue weighted by molar-refractivity contribution is -0.143. The highest BCUT2D eigenvalue weighted by atomic mass is 16.5. The van der Waals surface area contributed by atoms with E-state index >= 15 is 0 Å². The number of unbranched alkanes of at least 4 members (excludes halogenated alkanes) is 6. The second kappa shape index (κ2) is 9.00. The molecule has 0 aromatic carbocycles. The molecular formula is C14H29NO. The summed E-state index contributed by atoms with van der Waals surface area (Å²) < 4.78 is 0. The van der Waals surface area contributed by atoms with Crippen LogP contribution in [0, 0.1) is 0 Å². The number of hydrogen-bond acceptors (Lipinski definition) is 2. The number of hydrogen-bond donors (Lipinski definition) is 1. The van der Waals surface area contributed by atoms with Crippen LogP contribution in [0.25, 0.3) is 0 Å². The molecule has 0 aromatic rings. The van der Waals surface area contributed by atoms with Gasteiger partial charge in [0.2, 0.25) is 0 Å². The van der Waals surface area contributed by atoms with Gasteiger partial charge in [-0.05, 0) is 19.3 Å². The Morgan fingerprint density at radius 1 is 1.00 bits per heavy atom. The van der Waals surface area contributed by atoms with Gasteiger partial charge < -0.3 is 5.21 Å². The third kappa shape index (κ3) is 5.86. The van der Waals surface area contributed by atoms with Crippen molar-refractivity contribution in [2.75, 3.05) is 6.54 Å². The molecule has 1 atom stereocenters. The summed E-state index contributed by atoms with van der Waals surface area (Å²) in [7, 11) is 0. The van der Waals surface area contributed by atoms with Crippen molar-refractivity contribution < 1.29 is 5.21 Å². The van der Waals surface area contributed by atoms with Gasteiger partial charge in [0.25, 0.3) is 0 Å². The van der Waals surface area contributed by atoms with Gasteiger partial charge in [0.05, 0.1) is 0 Å². The minimum atomic E-state index is 0.462. The maximum Gasteiger partial charge on any atom is 0.0350 e. The molecule has 96 valence electrons. The molecule has 0 saturated carbocycles. The third-order valence-corrected chi connectivity index (χ3v) is 3.74. The Labute approximate surface area is 101 Å². The van der Waals surface area contributed by atoms with Crippen molar-refractivity contribution in [3.63, 3.8) is 0 Å². The molecule has 1 unspecified atom stereocenters. The first-order chi connectivity index (χ1) is 7.84. The van der Waals surface area contributed by atoms with Gasteiger partial charge in [-0.25, -0.2) is 0 Å². The fourth-order valence-corrected chi connectivity index (χ4v) is 2.62. The minimum Gasteiger partial charge on any atom is -0.314 e. The van der Waals surface area contributed by atoms with Crippen LogP contribution in [0.3, 0.4) is 0 Å². The van der Waals surface area contributed by atoms with Gasteiger partial charge >= 0.3 is 0 Å². The Morgan fingerprint density at radius 3 is 2.38 bits per heavy atom. The average Bonchev–Trinajstić information content (AvgIpc) is 2.30. The van der Waals surface area contributed by atoms with Crippen molar-refractivity contribution in [1.29, 1.82) is 0 Å². The first-order valence-corrected chi connectivity index (χ1v) is 7.30. The second-order valence-electron chi connectivity index (χ2n) is 5.22. The molecule has 0 spiro atoms. The van der Waals surface area contributed by atoms with Gasteiger partial charge in [-0.1, -0.05) is 58.3 Å². The smallest absolute Gasteiger partial charge is 0.0350 e. The molecule has 1 saturated heterocycles. The van der Waals surface area contributed by atoms with E-state index in [0.29, 0.717) is 6.04 Å². The monoisotopic (exact) mass is 227 g/mol. The van der Waals surface area contributed by atoms with Crippen molar-refractivity contribution in [2.45, 2.75) is 83.6 Å². The fourth-order valence-electron chi connectivity index (χ4n) is 2.62. The molecular weight excluding hydrogens is 198 g/mol.